The van der Waals surface area contributed by atoms with Crippen molar-refractivity contribution in [3.05, 3.63) is 188 Å². The standard InChI is InChI=1S/C48H31N3/c1-2-13-32(14-3-1)33-15-12-16-36(31-33)50-45-24-11-7-20-41(45)47-46(50)30-29-40-39-19-6-10-23-44(39)51(48(40)47)35-27-25-34(26-28-35)49-42-21-8-4-17-37(42)38-18-5-9-22-43(38)49/h1-31H. The van der Waals surface area contributed by atoms with Crippen molar-refractivity contribution in [2.75, 3.05) is 0 Å². The number of hydrogen-bond acceptors (Lipinski definition) is 0. The van der Waals surface area contributed by atoms with Crippen LogP contribution in [0.15, 0.2) is 188 Å². The van der Waals surface area contributed by atoms with Crippen LogP contribution in [0.5, 0.6) is 0 Å². The summed E-state index contributed by atoms with van der Waals surface area (Å²) in [6.45, 7) is 0. The third-order valence-electron chi connectivity index (χ3n) is 10.6. The summed E-state index contributed by atoms with van der Waals surface area (Å²) in [6, 6.07) is 68.4. The number of benzene rings is 8. The SMILES string of the molecule is c1ccc(-c2cccc(-n3c4ccccc4c4c3ccc3c5ccccc5n(-c5ccc(-n6c7ccccc7c7ccccc76)cc5)c34)c2)cc1. The van der Waals surface area contributed by atoms with E-state index in [-0.39, 0.29) is 0 Å². The molecule has 238 valence electrons. The zero-order valence-corrected chi connectivity index (χ0v) is 27.7. The third-order valence-corrected chi connectivity index (χ3v) is 10.6. The summed E-state index contributed by atoms with van der Waals surface area (Å²) in [7, 11) is 0. The highest BCUT2D eigenvalue weighted by Gasteiger charge is 2.21. The Bertz CT molecular complexity index is 3070. The first-order chi connectivity index (χ1) is 25.3. The smallest absolute Gasteiger partial charge is 0.0641 e. The normalized spacial score (nSPS) is 11.9. The quantitative estimate of drug-likeness (QED) is 0.180. The van der Waals surface area contributed by atoms with Crippen molar-refractivity contribution in [1.29, 1.82) is 0 Å². The van der Waals surface area contributed by atoms with Crippen molar-refractivity contribution >= 4 is 65.4 Å². The first kappa shape index (κ1) is 28.0. The topological polar surface area (TPSA) is 14.8 Å². The zero-order valence-electron chi connectivity index (χ0n) is 27.7. The lowest BCUT2D eigenvalue weighted by molar-refractivity contribution is 1.15. The maximum absolute atomic E-state index is 2.47. The summed E-state index contributed by atoms with van der Waals surface area (Å²) in [6.07, 6.45) is 0. The molecule has 11 aromatic rings. The van der Waals surface area contributed by atoms with Gasteiger partial charge in [0.15, 0.2) is 0 Å². The van der Waals surface area contributed by atoms with Crippen molar-refractivity contribution in [3.8, 4) is 28.2 Å². The molecule has 3 aromatic heterocycles. The highest BCUT2D eigenvalue weighted by molar-refractivity contribution is 6.26. The van der Waals surface area contributed by atoms with Gasteiger partial charge >= 0.3 is 0 Å². The van der Waals surface area contributed by atoms with Gasteiger partial charge in [-0.25, -0.2) is 0 Å². The Kier molecular flexibility index (Phi) is 5.96. The number of nitrogens with zero attached hydrogens (tertiary/aromatic N) is 3. The predicted molar refractivity (Wildman–Crippen MR) is 215 cm³/mol. The predicted octanol–water partition coefficient (Wildman–Crippen LogP) is 12.6. The van der Waals surface area contributed by atoms with Crippen LogP contribution in [-0.4, -0.2) is 13.7 Å². The average Bonchev–Trinajstić information content (AvgIpc) is 3.84. The lowest BCUT2D eigenvalue weighted by Crippen LogP contribution is -1.98. The summed E-state index contributed by atoms with van der Waals surface area (Å²) in [5, 5.41) is 7.56. The molecule has 0 radical (unpaired) electrons. The molecule has 0 N–H and O–H groups in total. The second-order valence-corrected chi connectivity index (χ2v) is 13.4. The Hall–Kier alpha value is -6.84. The molecule has 8 aromatic carbocycles. The van der Waals surface area contributed by atoms with E-state index in [1.165, 1.54) is 76.5 Å². The van der Waals surface area contributed by atoms with E-state index in [9.17, 15) is 0 Å². The van der Waals surface area contributed by atoms with Crippen molar-refractivity contribution in [3.63, 3.8) is 0 Å². The Morgan fingerprint density at radius 1 is 0.255 bits per heavy atom. The molecule has 0 saturated heterocycles. The Labute approximate surface area is 294 Å². The van der Waals surface area contributed by atoms with Gasteiger partial charge in [0.25, 0.3) is 0 Å². The van der Waals surface area contributed by atoms with Gasteiger partial charge in [-0.2, -0.15) is 0 Å². The van der Waals surface area contributed by atoms with E-state index in [1.54, 1.807) is 0 Å². The molecule has 0 atom stereocenters. The molecule has 0 spiro atoms. The molecule has 0 aliphatic heterocycles. The molecule has 3 heteroatoms. The van der Waals surface area contributed by atoms with Gasteiger partial charge in [-0.05, 0) is 77.9 Å². The number of rotatable bonds is 4. The van der Waals surface area contributed by atoms with E-state index in [0.717, 1.165) is 17.1 Å². The van der Waals surface area contributed by atoms with Gasteiger partial charge in [0.2, 0.25) is 0 Å². The summed E-state index contributed by atoms with van der Waals surface area (Å²) in [5.74, 6) is 0. The second-order valence-electron chi connectivity index (χ2n) is 13.4. The molecular weight excluding hydrogens is 619 g/mol. The van der Waals surface area contributed by atoms with Gasteiger partial charge in [-0.1, -0.05) is 121 Å². The van der Waals surface area contributed by atoms with Crippen LogP contribution in [0.4, 0.5) is 0 Å². The number of hydrogen-bond donors (Lipinski definition) is 0. The van der Waals surface area contributed by atoms with Gasteiger partial charge in [-0.15, -0.1) is 0 Å². The number of para-hydroxylation sites is 4. The van der Waals surface area contributed by atoms with Crippen LogP contribution < -0.4 is 0 Å². The second kappa shape index (κ2) is 10.8. The van der Waals surface area contributed by atoms with Crippen molar-refractivity contribution in [2.45, 2.75) is 0 Å². The first-order valence-electron chi connectivity index (χ1n) is 17.5. The van der Waals surface area contributed by atoms with Crippen molar-refractivity contribution < 1.29 is 0 Å². The highest BCUT2D eigenvalue weighted by Crippen LogP contribution is 2.42. The van der Waals surface area contributed by atoms with Gasteiger partial charge < -0.3 is 13.7 Å². The molecule has 3 heterocycles. The molecule has 0 fully saturated rings. The van der Waals surface area contributed by atoms with E-state index in [0.29, 0.717) is 0 Å². The maximum Gasteiger partial charge on any atom is 0.0641 e. The molecule has 0 unspecified atom stereocenters. The van der Waals surface area contributed by atoms with Crippen LogP contribution >= 0.6 is 0 Å². The molecule has 11 rings (SSSR count). The summed E-state index contributed by atoms with van der Waals surface area (Å²) < 4.78 is 7.29. The lowest BCUT2D eigenvalue weighted by atomic mass is 10.1. The van der Waals surface area contributed by atoms with Gasteiger partial charge in [0.05, 0.1) is 33.1 Å². The average molecular weight is 650 g/mol. The fourth-order valence-corrected chi connectivity index (χ4v) is 8.46. The van der Waals surface area contributed by atoms with Crippen molar-refractivity contribution in [1.82, 2.24) is 13.7 Å². The molecular formula is C48H31N3. The zero-order chi connectivity index (χ0) is 33.5. The van der Waals surface area contributed by atoms with Crippen LogP contribution in [0.2, 0.25) is 0 Å². The number of fused-ring (bicyclic) bond motifs is 10. The van der Waals surface area contributed by atoms with E-state index in [1.807, 2.05) is 0 Å². The van der Waals surface area contributed by atoms with Crippen LogP contribution in [-0.2, 0) is 0 Å². The molecule has 0 saturated carbocycles. The van der Waals surface area contributed by atoms with E-state index in [4.69, 9.17) is 0 Å². The molecule has 51 heavy (non-hydrogen) atoms. The summed E-state index contributed by atoms with van der Waals surface area (Å²) >= 11 is 0. The Morgan fingerprint density at radius 2 is 0.725 bits per heavy atom. The maximum atomic E-state index is 2.47. The molecule has 0 aliphatic carbocycles. The Balaban J connectivity index is 1.17. The van der Waals surface area contributed by atoms with E-state index in [2.05, 4.69) is 202 Å². The minimum atomic E-state index is 1.14. The minimum absolute atomic E-state index is 1.14. The summed E-state index contributed by atoms with van der Waals surface area (Å²) in [5.41, 5.74) is 13.1. The van der Waals surface area contributed by atoms with Gasteiger partial charge in [0.1, 0.15) is 0 Å². The highest BCUT2D eigenvalue weighted by atomic mass is 15.0. The fraction of sp³-hybridized carbons (Fsp3) is 0. The minimum Gasteiger partial charge on any atom is -0.309 e. The summed E-state index contributed by atoms with van der Waals surface area (Å²) in [4.78, 5) is 0. The first-order valence-corrected chi connectivity index (χ1v) is 17.5. The van der Waals surface area contributed by atoms with Crippen LogP contribution in [0, 0.1) is 0 Å². The van der Waals surface area contributed by atoms with Crippen LogP contribution in [0.1, 0.15) is 0 Å². The molecule has 0 amide bonds. The number of aromatic nitrogens is 3. The third kappa shape index (κ3) is 4.06. The lowest BCUT2D eigenvalue weighted by Gasteiger charge is -2.13. The van der Waals surface area contributed by atoms with Crippen molar-refractivity contribution in [2.24, 2.45) is 0 Å². The monoisotopic (exact) mass is 649 g/mol. The molecule has 0 aliphatic rings. The van der Waals surface area contributed by atoms with Crippen LogP contribution in [0.3, 0.4) is 0 Å². The van der Waals surface area contributed by atoms with E-state index < -0.39 is 0 Å². The fourth-order valence-electron chi connectivity index (χ4n) is 8.46. The Morgan fingerprint density at radius 3 is 1.37 bits per heavy atom. The van der Waals surface area contributed by atoms with E-state index >= 15 is 0 Å². The van der Waals surface area contributed by atoms with Gasteiger partial charge in [0, 0.05) is 49.4 Å². The molecule has 0 bridgehead atoms. The van der Waals surface area contributed by atoms with Gasteiger partial charge in [-0.3, -0.25) is 0 Å². The largest absolute Gasteiger partial charge is 0.309 e. The molecule has 3 nitrogen and oxygen atoms in total. The van der Waals surface area contributed by atoms with Crippen LogP contribution in [0.25, 0.3) is 93.6 Å².